The van der Waals surface area contributed by atoms with Gasteiger partial charge in [0.15, 0.2) is 0 Å². The minimum atomic E-state index is -0.248. The Balaban J connectivity index is 1.94. The van der Waals surface area contributed by atoms with Gasteiger partial charge in [0, 0.05) is 48.2 Å². The van der Waals surface area contributed by atoms with Crippen molar-refractivity contribution in [2.45, 2.75) is 32.7 Å². The van der Waals surface area contributed by atoms with Crippen LogP contribution < -0.4 is 5.32 Å². The number of ether oxygens (including phenoxy) is 1. The van der Waals surface area contributed by atoms with Crippen molar-refractivity contribution in [2.75, 3.05) is 13.2 Å². The van der Waals surface area contributed by atoms with Crippen molar-refractivity contribution in [1.82, 2.24) is 9.88 Å². The van der Waals surface area contributed by atoms with Crippen molar-refractivity contribution >= 4 is 28.9 Å². The van der Waals surface area contributed by atoms with Crippen LogP contribution in [0.25, 0.3) is 17.0 Å². The zero-order valence-corrected chi connectivity index (χ0v) is 14.9. The number of nitrogens with zero attached hydrogens (tertiary/aromatic N) is 2. The van der Waals surface area contributed by atoms with Gasteiger partial charge >= 0.3 is 5.97 Å². The van der Waals surface area contributed by atoms with Crippen LogP contribution in [-0.2, 0) is 20.9 Å². The quantitative estimate of drug-likeness (QED) is 0.427. The van der Waals surface area contributed by atoms with E-state index in [1.54, 1.807) is 13.0 Å². The van der Waals surface area contributed by atoms with Crippen LogP contribution in [0, 0.1) is 11.3 Å². The summed E-state index contributed by atoms with van der Waals surface area (Å²) in [5, 5.41) is 12.6. The number of amides is 1. The van der Waals surface area contributed by atoms with E-state index >= 15 is 0 Å². The Morgan fingerprint density at radius 1 is 1.35 bits per heavy atom. The van der Waals surface area contributed by atoms with Gasteiger partial charge in [-0.25, -0.2) is 0 Å². The van der Waals surface area contributed by atoms with Gasteiger partial charge in [-0.2, -0.15) is 5.26 Å². The molecule has 2 rings (SSSR count). The van der Waals surface area contributed by atoms with Gasteiger partial charge in [-0.15, -0.1) is 0 Å². The summed E-state index contributed by atoms with van der Waals surface area (Å²) in [5.41, 5.74) is 1.97. The van der Waals surface area contributed by atoms with E-state index in [0.29, 0.717) is 39.0 Å². The lowest BCUT2D eigenvalue weighted by Crippen LogP contribution is -2.22. The maximum Gasteiger partial charge on any atom is 0.305 e. The summed E-state index contributed by atoms with van der Waals surface area (Å²) in [7, 11) is 0. The van der Waals surface area contributed by atoms with Crippen molar-refractivity contribution < 1.29 is 14.3 Å². The Bertz CT molecular complexity index is 830. The number of nitrogens with one attached hydrogen (secondary N) is 1. The van der Waals surface area contributed by atoms with Crippen LogP contribution >= 0.6 is 0 Å². The van der Waals surface area contributed by atoms with E-state index in [2.05, 4.69) is 11.4 Å². The van der Waals surface area contributed by atoms with Gasteiger partial charge in [0.2, 0.25) is 5.91 Å². The molecule has 0 unspecified atom stereocenters. The molecule has 0 aliphatic heterocycles. The van der Waals surface area contributed by atoms with Gasteiger partial charge in [0.25, 0.3) is 0 Å². The number of hydrogen-bond donors (Lipinski definition) is 1. The van der Waals surface area contributed by atoms with Crippen molar-refractivity contribution in [1.29, 1.82) is 5.26 Å². The maximum atomic E-state index is 11.9. The Hall–Kier alpha value is -3.07. The first-order valence-corrected chi connectivity index (χ1v) is 8.72. The van der Waals surface area contributed by atoms with E-state index in [1.165, 1.54) is 6.08 Å². The Morgan fingerprint density at radius 2 is 2.15 bits per heavy atom. The van der Waals surface area contributed by atoms with E-state index in [0.717, 1.165) is 16.5 Å². The molecule has 2 aromatic rings. The smallest absolute Gasteiger partial charge is 0.305 e. The van der Waals surface area contributed by atoms with Gasteiger partial charge in [0.1, 0.15) is 0 Å². The Morgan fingerprint density at radius 3 is 2.92 bits per heavy atom. The van der Waals surface area contributed by atoms with Crippen LogP contribution in [-0.4, -0.2) is 29.6 Å². The summed E-state index contributed by atoms with van der Waals surface area (Å²) in [4.78, 5) is 23.2. The number of aryl methyl sites for hydroxylation is 1. The van der Waals surface area contributed by atoms with Crippen LogP contribution in [0.5, 0.6) is 0 Å². The average Bonchev–Trinajstić information content (AvgIpc) is 3.00. The topological polar surface area (TPSA) is 84.1 Å². The predicted molar refractivity (Wildman–Crippen MR) is 100 cm³/mol. The van der Waals surface area contributed by atoms with E-state index in [9.17, 15) is 9.59 Å². The molecular weight excluding hydrogens is 330 g/mol. The second-order valence-corrected chi connectivity index (χ2v) is 5.74. The van der Waals surface area contributed by atoms with Crippen molar-refractivity contribution in [2.24, 2.45) is 0 Å². The normalized spacial score (nSPS) is 10.8. The van der Waals surface area contributed by atoms with Crippen LogP contribution in [0.3, 0.4) is 0 Å². The van der Waals surface area contributed by atoms with Gasteiger partial charge in [0.05, 0.1) is 19.1 Å². The van der Waals surface area contributed by atoms with Gasteiger partial charge in [-0.3, -0.25) is 9.59 Å². The molecule has 136 valence electrons. The fourth-order valence-corrected chi connectivity index (χ4v) is 2.67. The summed E-state index contributed by atoms with van der Waals surface area (Å²) in [6, 6.07) is 10.0. The molecule has 0 aliphatic carbocycles. The molecule has 0 bridgehead atoms. The average molecular weight is 353 g/mol. The van der Waals surface area contributed by atoms with E-state index in [-0.39, 0.29) is 11.9 Å². The standard InChI is InChI=1S/C20H23N3O3/c1-2-26-20(25)9-5-13-22-19(24)11-10-16-15-23(14-6-12-21)18-8-4-3-7-17(16)18/h3-4,7-8,10-11,15H,2,5-6,9,13-14H2,1H3,(H,22,24)/b11-10+. The number of carbonyl (C=O) groups is 2. The van der Waals surface area contributed by atoms with Crippen LogP contribution in [0.2, 0.25) is 0 Å². The number of benzene rings is 1. The SMILES string of the molecule is CCOC(=O)CCCNC(=O)/C=C/c1cn(CCC#N)c2ccccc12. The molecule has 1 N–H and O–H groups in total. The van der Waals surface area contributed by atoms with Crippen LogP contribution in [0.4, 0.5) is 0 Å². The molecule has 1 amide bonds. The molecule has 26 heavy (non-hydrogen) atoms. The molecule has 0 saturated heterocycles. The number of aromatic nitrogens is 1. The van der Waals surface area contributed by atoms with Gasteiger partial charge in [-0.05, 0) is 25.5 Å². The molecule has 0 radical (unpaired) electrons. The summed E-state index contributed by atoms with van der Waals surface area (Å²) < 4.78 is 6.86. The highest BCUT2D eigenvalue weighted by molar-refractivity contribution is 5.96. The summed E-state index contributed by atoms with van der Waals surface area (Å²) >= 11 is 0. The van der Waals surface area contributed by atoms with Crippen molar-refractivity contribution in [3.8, 4) is 6.07 Å². The molecule has 0 aliphatic rings. The van der Waals surface area contributed by atoms with Crippen molar-refractivity contribution in [3.05, 3.63) is 42.1 Å². The summed E-state index contributed by atoms with van der Waals surface area (Å²) in [6.07, 6.45) is 6.48. The number of rotatable bonds is 9. The highest BCUT2D eigenvalue weighted by Crippen LogP contribution is 2.22. The van der Waals surface area contributed by atoms with Crippen LogP contribution in [0.1, 0.15) is 31.7 Å². The number of nitriles is 1. The lowest BCUT2D eigenvalue weighted by atomic mass is 10.1. The Labute approximate surface area is 153 Å². The second-order valence-electron chi connectivity index (χ2n) is 5.74. The predicted octanol–water partition coefficient (Wildman–Crippen LogP) is 3.03. The maximum absolute atomic E-state index is 11.9. The number of para-hydroxylation sites is 1. The first-order chi connectivity index (χ1) is 12.7. The number of esters is 1. The highest BCUT2D eigenvalue weighted by atomic mass is 16.5. The molecule has 1 aromatic heterocycles. The molecule has 1 aromatic carbocycles. The van der Waals surface area contributed by atoms with Crippen molar-refractivity contribution in [3.63, 3.8) is 0 Å². The molecule has 0 saturated carbocycles. The number of carbonyl (C=O) groups excluding carboxylic acids is 2. The fourth-order valence-electron chi connectivity index (χ4n) is 2.67. The minimum Gasteiger partial charge on any atom is -0.466 e. The summed E-state index contributed by atoms with van der Waals surface area (Å²) in [6.45, 7) is 3.18. The highest BCUT2D eigenvalue weighted by Gasteiger charge is 2.06. The van der Waals surface area contributed by atoms with Gasteiger partial charge in [-0.1, -0.05) is 18.2 Å². The third-order valence-corrected chi connectivity index (χ3v) is 3.86. The number of fused-ring (bicyclic) bond motifs is 1. The molecule has 6 nitrogen and oxygen atoms in total. The fraction of sp³-hybridized carbons (Fsp3) is 0.350. The third kappa shape index (κ3) is 5.49. The molecule has 0 atom stereocenters. The monoisotopic (exact) mass is 353 g/mol. The largest absolute Gasteiger partial charge is 0.466 e. The molecule has 1 heterocycles. The lowest BCUT2D eigenvalue weighted by molar-refractivity contribution is -0.143. The lowest BCUT2D eigenvalue weighted by Gasteiger charge is -2.02. The van der Waals surface area contributed by atoms with Gasteiger partial charge < -0.3 is 14.6 Å². The van der Waals surface area contributed by atoms with E-state index in [4.69, 9.17) is 10.00 Å². The third-order valence-electron chi connectivity index (χ3n) is 3.86. The van der Waals surface area contributed by atoms with Crippen LogP contribution in [0.15, 0.2) is 36.5 Å². The second kappa shape index (κ2) is 10.0. The van der Waals surface area contributed by atoms with E-state index in [1.807, 2.05) is 35.0 Å². The first kappa shape index (κ1) is 19.3. The summed E-state index contributed by atoms with van der Waals surface area (Å²) in [5.74, 6) is -0.454. The zero-order chi connectivity index (χ0) is 18.8. The number of hydrogen-bond acceptors (Lipinski definition) is 4. The van der Waals surface area contributed by atoms with E-state index < -0.39 is 0 Å². The Kier molecular flexibility index (Phi) is 7.44. The molecule has 6 heteroatoms. The minimum absolute atomic E-state index is 0.206. The first-order valence-electron chi connectivity index (χ1n) is 8.72. The molecule has 0 fully saturated rings. The molecule has 0 spiro atoms. The zero-order valence-electron chi connectivity index (χ0n) is 14.9. The molecular formula is C20H23N3O3.